The molecule has 1 fully saturated rings. The molecule has 0 radical (unpaired) electrons. The van der Waals surface area contributed by atoms with Crippen molar-refractivity contribution in [2.24, 2.45) is 10.8 Å². The highest BCUT2D eigenvalue weighted by molar-refractivity contribution is 5.90. The summed E-state index contributed by atoms with van der Waals surface area (Å²) in [6.07, 6.45) is 2.97. The van der Waals surface area contributed by atoms with Gasteiger partial charge in [-0.3, -0.25) is 0 Å². The first-order valence-electron chi connectivity index (χ1n) is 8.16. The van der Waals surface area contributed by atoms with Gasteiger partial charge in [-0.2, -0.15) is 0 Å². The smallest absolute Gasteiger partial charge is 0.166 e. The molecule has 1 saturated carbocycles. The fraction of sp³-hybridized carbons (Fsp3) is 0.444. The molecule has 1 aliphatic carbocycles. The molecule has 1 aliphatic rings. The number of carboxylic acids is 1. The van der Waals surface area contributed by atoms with Crippen molar-refractivity contribution in [3.8, 4) is 0 Å². The summed E-state index contributed by atoms with van der Waals surface area (Å²) in [5, 5.41) is 17.2. The molecule has 6 nitrogen and oxygen atoms in total. The molecule has 0 spiro atoms. The number of carbonyl (C=O) groups is 1. The van der Waals surface area contributed by atoms with Crippen molar-refractivity contribution in [1.82, 2.24) is 19.6 Å². The predicted octanol–water partition coefficient (Wildman–Crippen LogP) is 1.94. The lowest BCUT2D eigenvalue weighted by Crippen LogP contribution is -2.47. The third-order valence-corrected chi connectivity index (χ3v) is 6.09. The Bertz CT molecular complexity index is 962. The van der Waals surface area contributed by atoms with Crippen molar-refractivity contribution in [3.63, 3.8) is 0 Å². The number of rotatable bonds is 2. The molecular weight excluding hydrogens is 304 g/mol. The maximum absolute atomic E-state index is 11.7. The number of benzene rings is 1. The summed E-state index contributed by atoms with van der Waals surface area (Å²) in [7, 11) is 0. The van der Waals surface area contributed by atoms with Gasteiger partial charge < -0.3 is 9.90 Å². The summed E-state index contributed by atoms with van der Waals surface area (Å²) < 4.78 is 1.68. The number of carbonyl (C=O) groups excluding carboxylic acids is 1. The fourth-order valence-electron chi connectivity index (χ4n) is 3.96. The minimum atomic E-state index is -0.995. The molecular formula is C18H19N4O2-. The number of fused-ring (bicyclic) bond motifs is 3. The molecule has 3 aromatic rings. The zero-order valence-electron chi connectivity index (χ0n) is 14.0. The average Bonchev–Trinajstić information content (AvgIpc) is 3.07. The highest BCUT2D eigenvalue weighted by atomic mass is 16.4. The van der Waals surface area contributed by atoms with E-state index in [1.54, 1.807) is 17.8 Å². The summed E-state index contributed by atoms with van der Waals surface area (Å²) in [5.41, 5.74) is 0.262. The lowest BCUT2D eigenvalue weighted by Gasteiger charge is -2.41. The maximum Gasteiger partial charge on any atom is 0.166 e. The Balaban J connectivity index is 1.86. The van der Waals surface area contributed by atoms with Gasteiger partial charge in [0, 0.05) is 22.7 Å². The maximum atomic E-state index is 11.7. The van der Waals surface area contributed by atoms with Gasteiger partial charge in [-0.1, -0.05) is 32.9 Å². The summed E-state index contributed by atoms with van der Waals surface area (Å²) in [4.78, 5) is 20.8. The minimum Gasteiger partial charge on any atom is -0.550 e. The Hall–Kier alpha value is -2.50. The zero-order valence-corrected chi connectivity index (χ0v) is 14.0. The summed E-state index contributed by atoms with van der Waals surface area (Å²) in [6.45, 7) is 5.72. The molecule has 1 aromatic carbocycles. The molecule has 2 aromatic heterocycles. The predicted molar refractivity (Wildman–Crippen MR) is 87.2 cm³/mol. The molecule has 0 bridgehead atoms. The summed E-state index contributed by atoms with van der Waals surface area (Å²) in [6, 6.07) is 7.80. The van der Waals surface area contributed by atoms with Crippen molar-refractivity contribution < 1.29 is 9.90 Å². The van der Waals surface area contributed by atoms with Gasteiger partial charge >= 0.3 is 0 Å². The third kappa shape index (κ3) is 1.82. The fourth-order valence-corrected chi connectivity index (χ4v) is 3.96. The van der Waals surface area contributed by atoms with Crippen molar-refractivity contribution in [1.29, 1.82) is 0 Å². The lowest BCUT2D eigenvalue weighted by atomic mass is 9.65. The van der Waals surface area contributed by atoms with E-state index in [4.69, 9.17) is 4.98 Å². The van der Waals surface area contributed by atoms with Crippen molar-refractivity contribution >= 4 is 22.5 Å². The van der Waals surface area contributed by atoms with Crippen LogP contribution in [0.5, 0.6) is 0 Å². The normalized spacial score (nSPS) is 26.2. The van der Waals surface area contributed by atoms with Crippen LogP contribution in [0, 0.1) is 10.8 Å². The van der Waals surface area contributed by atoms with Crippen LogP contribution >= 0.6 is 0 Å². The van der Waals surface area contributed by atoms with Crippen molar-refractivity contribution in [2.75, 3.05) is 0 Å². The van der Waals surface area contributed by atoms with Gasteiger partial charge in [-0.05, 0) is 30.4 Å². The SMILES string of the molecule is CC1(C)[C@@H](c2nc3c4ccccc4ncn3n2)CC[C@@]1(C)C(=O)[O-]. The van der Waals surface area contributed by atoms with Crippen LogP contribution in [0.3, 0.4) is 0 Å². The number of hydrogen-bond donors (Lipinski definition) is 0. The number of para-hydroxylation sites is 1. The van der Waals surface area contributed by atoms with Gasteiger partial charge in [0.15, 0.2) is 11.5 Å². The van der Waals surface area contributed by atoms with E-state index in [0.29, 0.717) is 12.2 Å². The Morgan fingerprint density at radius 1 is 1.29 bits per heavy atom. The van der Waals surface area contributed by atoms with Crippen LogP contribution < -0.4 is 5.11 Å². The number of aliphatic carboxylic acids is 1. The molecule has 0 N–H and O–H groups in total. The van der Waals surface area contributed by atoms with Crippen LogP contribution in [-0.2, 0) is 4.79 Å². The molecule has 4 rings (SSSR count). The monoisotopic (exact) mass is 323 g/mol. The largest absolute Gasteiger partial charge is 0.550 e. The molecule has 2 atom stereocenters. The van der Waals surface area contributed by atoms with E-state index in [0.717, 1.165) is 23.0 Å². The number of hydrogen-bond acceptors (Lipinski definition) is 5. The first kappa shape index (κ1) is 15.1. The number of carboxylic acid groups (broad SMARTS) is 1. The van der Waals surface area contributed by atoms with E-state index >= 15 is 0 Å². The van der Waals surface area contributed by atoms with Gasteiger partial charge in [0.2, 0.25) is 0 Å². The van der Waals surface area contributed by atoms with Crippen molar-refractivity contribution in [2.45, 2.75) is 39.5 Å². The van der Waals surface area contributed by atoms with Crippen LogP contribution in [0.15, 0.2) is 30.6 Å². The third-order valence-electron chi connectivity index (χ3n) is 6.09. The zero-order chi connectivity index (χ0) is 17.1. The van der Waals surface area contributed by atoms with E-state index in [9.17, 15) is 9.90 Å². The van der Waals surface area contributed by atoms with Gasteiger partial charge in [0.05, 0.1) is 5.52 Å². The molecule has 24 heavy (non-hydrogen) atoms. The first-order valence-corrected chi connectivity index (χ1v) is 8.16. The van der Waals surface area contributed by atoms with Crippen LogP contribution in [0.25, 0.3) is 16.6 Å². The molecule has 0 saturated heterocycles. The molecule has 0 unspecified atom stereocenters. The first-order chi connectivity index (χ1) is 11.3. The van der Waals surface area contributed by atoms with Crippen LogP contribution in [-0.4, -0.2) is 25.6 Å². The van der Waals surface area contributed by atoms with E-state index in [1.165, 1.54) is 0 Å². The topological polar surface area (TPSA) is 83.2 Å². The molecule has 6 heteroatoms. The van der Waals surface area contributed by atoms with Gasteiger partial charge in [-0.25, -0.2) is 14.5 Å². The van der Waals surface area contributed by atoms with Gasteiger partial charge in [0.25, 0.3) is 0 Å². The summed E-state index contributed by atoms with van der Waals surface area (Å²) in [5.74, 6) is -0.340. The van der Waals surface area contributed by atoms with E-state index in [1.807, 2.05) is 38.1 Å². The summed E-state index contributed by atoms with van der Waals surface area (Å²) >= 11 is 0. The van der Waals surface area contributed by atoms with Crippen LogP contribution in [0.4, 0.5) is 0 Å². The Kier molecular flexibility index (Phi) is 2.98. The minimum absolute atomic E-state index is 0.0286. The van der Waals surface area contributed by atoms with Crippen LogP contribution in [0.1, 0.15) is 45.4 Å². The number of aromatic nitrogens is 4. The Labute approximate surface area is 139 Å². The van der Waals surface area contributed by atoms with Crippen molar-refractivity contribution in [3.05, 3.63) is 36.4 Å². The van der Waals surface area contributed by atoms with Gasteiger partial charge in [-0.15, -0.1) is 5.10 Å². The quantitative estimate of drug-likeness (QED) is 0.719. The van der Waals surface area contributed by atoms with Crippen LogP contribution in [0.2, 0.25) is 0 Å². The second-order valence-corrected chi connectivity index (χ2v) is 7.43. The second kappa shape index (κ2) is 4.75. The standard InChI is InChI=1S/C18H20N4O2/c1-17(2)12(8-9-18(17,3)16(23)24)14-20-15-11-6-4-5-7-13(11)19-10-22(15)21-14/h4-7,10,12H,8-9H2,1-3H3,(H,23,24)/p-1/t12-,18+/m1/s1. The molecule has 0 aliphatic heterocycles. The van der Waals surface area contributed by atoms with Gasteiger partial charge in [0.1, 0.15) is 6.33 Å². The number of nitrogens with zero attached hydrogens (tertiary/aromatic N) is 4. The highest BCUT2D eigenvalue weighted by Crippen LogP contribution is 2.59. The highest BCUT2D eigenvalue weighted by Gasteiger charge is 2.54. The Morgan fingerprint density at radius 3 is 2.75 bits per heavy atom. The average molecular weight is 323 g/mol. The molecule has 124 valence electrons. The van der Waals surface area contributed by atoms with E-state index in [-0.39, 0.29) is 5.92 Å². The lowest BCUT2D eigenvalue weighted by molar-refractivity contribution is -0.322. The Morgan fingerprint density at radius 2 is 2.04 bits per heavy atom. The molecule has 2 heterocycles. The van der Waals surface area contributed by atoms with E-state index < -0.39 is 16.8 Å². The second-order valence-electron chi connectivity index (χ2n) is 7.43. The van der Waals surface area contributed by atoms with E-state index in [2.05, 4.69) is 10.1 Å². The molecule has 0 amide bonds.